The fraction of sp³-hybridized carbons (Fsp3) is 0.971. The van der Waals surface area contributed by atoms with E-state index < -0.39 is 35.4 Å². The van der Waals surface area contributed by atoms with Crippen LogP contribution in [0, 0.1) is 53.3 Å². The summed E-state index contributed by atoms with van der Waals surface area (Å²) in [4.78, 5) is 38.1. The summed E-state index contributed by atoms with van der Waals surface area (Å²) in [7, 11) is 0. The number of hydrogen-bond donors (Lipinski definition) is 0. The van der Waals surface area contributed by atoms with Gasteiger partial charge in [-0.05, 0) is 108 Å². The van der Waals surface area contributed by atoms with Crippen molar-refractivity contribution in [2.45, 2.75) is 160 Å². The van der Waals surface area contributed by atoms with Crippen LogP contribution in [-0.2, 0) is 43.3 Å². The predicted molar refractivity (Wildman–Crippen MR) is 157 cm³/mol. The van der Waals surface area contributed by atoms with Crippen LogP contribution in [0.25, 0.3) is 0 Å². The molecular formula is C35H54O9. The normalized spacial score (nSPS) is 57.7. The Morgan fingerprint density at radius 1 is 0.636 bits per heavy atom. The fourth-order valence-corrected chi connectivity index (χ4v) is 11.5. The lowest BCUT2D eigenvalue weighted by molar-refractivity contribution is -0.571. The smallest absolute Gasteiger partial charge is 0.201 e. The number of hydrogen-bond acceptors (Lipinski definition) is 9. The SMILES string of the molecule is CC(=O)C(C[C@H]1O[C@@H]2O[C@]3(C)CC[C@H]4[C@H](C)CC[C@@H]([C@H]1C)[C@@]24OO3)C[C@H]1O[C@@H]2O[C@]3(C)CC[C@H]4[C@H](C)CC[C@@H]([C@H]1C)[C@@]24OO3. The van der Waals surface area contributed by atoms with Crippen LogP contribution in [0.4, 0.5) is 0 Å². The van der Waals surface area contributed by atoms with Gasteiger partial charge in [-0.1, -0.05) is 27.7 Å². The van der Waals surface area contributed by atoms with Crippen molar-refractivity contribution in [3.05, 3.63) is 0 Å². The maximum absolute atomic E-state index is 13.4. The van der Waals surface area contributed by atoms with Crippen LogP contribution in [-0.4, -0.2) is 53.3 Å². The van der Waals surface area contributed by atoms with Crippen LogP contribution in [0.3, 0.4) is 0 Å². The van der Waals surface area contributed by atoms with Gasteiger partial charge in [-0.25, -0.2) is 19.6 Å². The number of fused-ring (bicyclic) bond motifs is 4. The van der Waals surface area contributed by atoms with Gasteiger partial charge in [-0.2, -0.15) is 0 Å². The van der Waals surface area contributed by atoms with Crippen molar-refractivity contribution in [1.82, 2.24) is 0 Å². The molecule has 10 rings (SSSR count). The van der Waals surface area contributed by atoms with Crippen LogP contribution in [0.5, 0.6) is 0 Å². The molecule has 0 unspecified atom stereocenters. The minimum absolute atomic E-state index is 0.115. The summed E-state index contributed by atoms with van der Waals surface area (Å²) in [6.07, 6.45) is 8.12. The summed E-state index contributed by atoms with van der Waals surface area (Å²) in [5, 5.41) is 0. The molecule has 0 aromatic rings. The molecule has 0 N–H and O–H groups in total. The van der Waals surface area contributed by atoms with E-state index >= 15 is 0 Å². The van der Waals surface area contributed by atoms with Gasteiger partial charge in [0.1, 0.15) is 5.78 Å². The van der Waals surface area contributed by atoms with Gasteiger partial charge < -0.3 is 18.9 Å². The van der Waals surface area contributed by atoms with Gasteiger partial charge in [0.15, 0.2) is 23.8 Å². The van der Waals surface area contributed by atoms with E-state index in [0.29, 0.717) is 36.5 Å². The van der Waals surface area contributed by atoms with Crippen LogP contribution < -0.4 is 0 Å². The molecule has 9 nitrogen and oxygen atoms in total. The van der Waals surface area contributed by atoms with E-state index in [1.807, 2.05) is 13.8 Å². The highest BCUT2D eigenvalue weighted by Crippen LogP contribution is 2.63. The molecule has 0 radical (unpaired) electrons. The maximum Gasteiger partial charge on any atom is 0.201 e. The van der Waals surface area contributed by atoms with E-state index in [1.165, 1.54) is 12.8 Å². The van der Waals surface area contributed by atoms with Crippen molar-refractivity contribution in [3.63, 3.8) is 0 Å². The third-order valence-electron chi connectivity index (χ3n) is 14.2. The molecule has 2 aliphatic carbocycles. The van der Waals surface area contributed by atoms with E-state index in [1.54, 1.807) is 6.92 Å². The van der Waals surface area contributed by atoms with Crippen molar-refractivity contribution in [1.29, 1.82) is 0 Å². The Hall–Kier alpha value is -0.650. The first-order valence-corrected chi connectivity index (χ1v) is 17.8. The Kier molecular flexibility index (Phi) is 7.27. The molecule has 0 aromatic carbocycles. The highest BCUT2D eigenvalue weighted by atomic mass is 17.3. The zero-order valence-corrected chi connectivity index (χ0v) is 27.8. The molecule has 8 aliphatic heterocycles. The second kappa shape index (κ2) is 10.4. The summed E-state index contributed by atoms with van der Waals surface area (Å²) in [6, 6.07) is 0. The molecule has 9 heteroatoms. The van der Waals surface area contributed by atoms with E-state index in [-0.39, 0.29) is 47.6 Å². The Labute approximate surface area is 262 Å². The average molecular weight is 619 g/mol. The number of carbonyl (C=O) groups excluding carboxylic acids is 1. The number of carbonyl (C=O) groups is 1. The summed E-state index contributed by atoms with van der Waals surface area (Å²) in [6.45, 7) is 14.9. The van der Waals surface area contributed by atoms with Crippen molar-refractivity contribution in [2.24, 2.45) is 53.3 Å². The predicted octanol–water partition coefficient (Wildman–Crippen LogP) is 6.47. The van der Waals surface area contributed by atoms with Crippen molar-refractivity contribution in [2.75, 3.05) is 0 Å². The first kappa shape index (κ1) is 30.7. The van der Waals surface area contributed by atoms with E-state index in [2.05, 4.69) is 27.7 Å². The number of Topliss-reactive ketones (excluding diaryl/α,β-unsaturated/α-hetero) is 1. The Bertz CT molecular complexity index is 1070. The van der Waals surface area contributed by atoms with Crippen LogP contribution in [0.15, 0.2) is 0 Å². The second-order valence-corrected chi connectivity index (χ2v) is 16.7. The van der Waals surface area contributed by atoms with E-state index in [4.69, 9.17) is 38.5 Å². The summed E-state index contributed by atoms with van der Waals surface area (Å²) >= 11 is 0. The molecule has 4 bridgehead atoms. The monoisotopic (exact) mass is 618 g/mol. The van der Waals surface area contributed by atoms with Gasteiger partial charge in [0.05, 0.1) is 12.2 Å². The van der Waals surface area contributed by atoms with Crippen LogP contribution in [0.2, 0.25) is 0 Å². The fourth-order valence-electron chi connectivity index (χ4n) is 11.5. The zero-order valence-electron chi connectivity index (χ0n) is 27.8. The molecule has 10 fully saturated rings. The molecule has 8 saturated heterocycles. The summed E-state index contributed by atoms with van der Waals surface area (Å²) in [5.74, 6) is 0.999. The molecule has 44 heavy (non-hydrogen) atoms. The van der Waals surface area contributed by atoms with Gasteiger partial charge in [0, 0.05) is 30.6 Å². The molecular weight excluding hydrogens is 564 g/mol. The highest BCUT2D eigenvalue weighted by Gasteiger charge is 2.71. The molecule has 0 aromatic heterocycles. The van der Waals surface area contributed by atoms with Crippen LogP contribution in [0.1, 0.15) is 113 Å². The zero-order chi connectivity index (χ0) is 30.8. The highest BCUT2D eigenvalue weighted by molar-refractivity contribution is 5.78. The third kappa shape index (κ3) is 4.28. The first-order valence-electron chi connectivity index (χ1n) is 17.8. The molecule has 8 heterocycles. The standard InChI is InChI=1S/C35H54O9/c1-18-8-10-26-20(3)28(37-30-34(26)24(18)12-14-32(6,39-30)41-43-34)16-23(22(5)36)17-29-21(4)27-11-9-19(2)25-13-15-33(7)40-31(38-29)35(25,27)44-42-33/h18-21,23-31H,8-17H2,1-7H3/t18-,19-,20-,21-,24+,25+,26+,27+,28-,29-,30-,31-,32+,33+,34-,35-/m1/s1. The molecule has 10 aliphatic rings. The lowest BCUT2D eigenvalue weighted by atomic mass is 9.56. The Balaban J connectivity index is 1.04. The molecule has 2 saturated carbocycles. The van der Waals surface area contributed by atoms with E-state index in [9.17, 15) is 4.79 Å². The average Bonchev–Trinajstić information content (AvgIpc) is 3.35. The molecule has 248 valence electrons. The van der Waals surface area contributed by atoms with Gasteiger partial charge in [0.2, 0.25) is 11.6 Å². The van der Waals surface area contributed by atoms with E-state index in [0.717, 1.165) is 38.5 Å². The number of rotatable bonds is 5. The quantitative estimate of drug-likeness (QED) is 0.322. The van der Waals surface area contributed by atoms with Gasteiger partial charge in [-0.3, -0.25) is 4.79 Å². The topological polar surface area (TPSA) is 90.9 Å². The maximum atomic E-state index is 13.4. The van der Waals surface area contributed by atoms with Crippen LogP contribution >= 0.6 is 0 Å². The minimum Gasteiger partial charge on any atom is -0.346 e. The molecule has 0 amide bonds. The van der Waals surface area contributed by atoms with Gasteiger partial charge in [0.25, 0.3) is 0 Å². The lowest BCUT2D eigenvalue weighted by Gasteiger charge is -2.61. The van der Waals surface area contributed by atoms with Gasteiger partial charge >= 0.3 is 0 Å². The van der Waals surface area contributed by atoms with Crippen molar-refractivity contribution in [3.8, 4) is 0 Å². The molecule has 2 spiro atoms. The largest absolute Gasteiger partial charge is 0.346 e. The molecule has 16 atom stereocenters. The first-order chi connectivity index (χ1) is 20.9. The van der Waals surface area contributed by atoms with Gasteiger partial charge in [-0.15, -0.1) is 0 Å². The Morgan fingerprint density at radius 2 is 1.07 bits per heavy atom. The second-order valence-electron chi connectivity index (χ2n) is 16.7. The number of ketones is 1. The third-order valence-corrected chi connectivity index (χ3v) is 14.2. The number of ether oxygens (including phenoxy) is 4. The van der Waals surface area contributed by atoms with Crippen molar-refractivity contribution >= 4 is 5.78 Å². The summed E-state index contributed by atoms with van der Waals surface area (Å²) in [5.41, 5.74) is -1.18. The minimum atomic E-state index is -0.806. The summed E-state index contributed by atoms with van der Waals surface area (Å²) < 4.78 is 27.0. The lowest BCUT2D eigenvalue weighted by Crippen LogP contribution is -2.70. The Morgan fingerprint density at radius 3 is 1.48 bits per heavy atom. The van der Waals surface area contributed by atoms with Crippen molar-refractivity contribution < 1.29 is 43.3 Å².